The summed E-state index contributed by atoms with van der Waals surface area (Å²) in [6.45, 7) is 3.73. The third-order valence-electron chi connectivity index (χ3n) is 2.21. The summed E-state index contributed by atoms with van der Waals surface area (Å²) >= 11 is 0. The minimum Gasteiger partial charge on any atom is -0.171 e. The van der Waals surface area contributed by atoms with Gasteiger partial charge in [-0.2, -0.15) is 13.2 Å². The minimum atomic E-state index is -3.96. The van der Waals surface area contributed by atoms with E-state index in [-0.39, 0.29) is 0 Å². The smallest absolute Gasteiger partial charge is 0.171 e. The molecule has 0 atom stereocenters. The molecule has 0 bridgehead atoms. The molecule has 0 aliphatic rings. The van der Waals surface area contributed by atoms with Gasteiger partial charge in [-0.25, -0.2) is 0 Å². The van der Waals surface area contributed by atoms with Gasteiger partial charge in [0.2, 0.25) is 0 Å². The Balaban J connectivity index is 2.99. The lowest BCUT2D eigenvalue weighted by Crippen LogP contribution is -2.06. The molecular weight excluding hydrogens is 189 g/mol. The summed E-state index contributed by atoms with van der Waals surface area (Å²) in [5.41, 5.74) is 0. The second-order valence-electron chi connectivity index (χ2n) is 3.69. The third kappa shape index (κ3) is 11.8. The molecule has 0 heterocycles. The third-order valence-corrected chi connectivity index (χ3v) is 2.21. The SMILES string of the molecule is [CH2]CCCCCCCCCC(F)(F)F. The van der Waals surface area contributed by atoms with E-state index in [2.05, 4.69) is 6.92 Å². The van der Waals surface area contributed by atoms with Gasteiger partial charge in [0.05, 0.1) is 0 Å². The Morgan fingerprint density at radius 3 is 1.57 bits per heavy atom. The van der Waals surface area contributed by atoms with E-state index in [4.69, 9.17) is 0 Å². The zero-order valence-corrected chi connectivity index (χ0v) is 8.70. The van der Waals surface area contributed by atoms with Gasteiger partial charge in [-0.05, 0) is 6.42 Å². The van der Waals surface area contributed by atoms with Crippen LogP contribution in [0.1, 0.15) is 57.8 Å². The van der Waals surface area contributed by atoms with Crippen molar-refractivity contribution in [2.24, 2.45) is 0 Å². The second-order valence-corrected chi connectivity index (χ2v) is 3.69. The molecule has 0 spiro atoms. The first-order valence-electron chi connectivity index (χ1n) is 5.42. The van der Waals surface area contributed by atoms with Crippen LogP contribution in [0.2, 0.25) is 0 Å². The Hall–Kier alpha value is -0.210. The Kier molecular flexibility index (Phi) is 8.01. The van der Waals surface area contributed by atoms with Crippen LogP contribution in [0.25, 0.3) is 0 Å². The molecule has 0 N–H and O–H groups in total. The van der Waals surface area contributed by atoms with Gasteiger partial charge in [0.25, 0.3) is 0 Å². The van der Waals surface area contributed by atoms with Crippen LogP contribution in [-0.4, -0.2) is 6.18 Å². The molecule has 85 valence electrons. The summed E-state index contributed by atoms with van der Waals surface area (Å²) in [5.74, 6) is 0. The summed E-state index contributed by atoms with van der Waals surface area (Å²) < 4.78 is 35.2. The maximum absolute atomic E-state index is 11.7. The Morgan fingerprint density at radius 2 is 1.14 bits per heavy atom. The van der Waals surface area contributed by atoms with Crippen LogP contribution in [0.15, 0.2) is 0 Å². The number of hydrogen-bond acceptors (Lipinski definition) is 0. The first-order chi connectivity index (χ1) is 6.56. The van der Waals surface area contributed by atoms with E-state index >= 15 is 0 Å². The normalized spacial score (nSPS) is 12.0. The molecule has 0 fully saturated rings. The molecule has 0 saturated carbocycles. The largest absolute Gasteiger partial charge is 0.389 e. The molecule has 0 aromatic rings. The standard InChI is InChI=1S/C11H20F3/c1-2-3-4-5-6-7-8-9-10-11(12,13)14/h1-10H2. The number of unbranched alkanes of at least 4 members (excludes halogenated alkanes) is 7. The van der Waals surface area contributed by atoms with Gasteiger partial charge >= 0.3 is 6.18 Å². The maximum Gasteiger partial charge on any atom is 0.389 e. The lowest BCUT2D eigenvalue weighted by atomic mass is 10.1. The molecule has 3 heteroatoms. The van der Waals surface area contributed by atoms with Crippen molar-refractivity contribution in [2.75, 3.05) is 0 Å². The van der Waals surface area contributed by atoms with Crippen LogP contribution in [0.5, 0.6) is 0 Å². The molecule has 14 heavy (non-hydrogen) atoms. The molecular formula is C11H20F3. The highest BCUT2D eigenvalue weighted by atomic mass is 19.4. The fourth-order valence-electron chi connectivity index (χ4n) is 1.39. The van der Waals surface area contributed by atoms with E-state index in [1.165, 1.54) is 6.42 Å². The predicted molar refractivity (Wildman–Crippen MR) is 53.0 cm³/mol. The van der Waals surface area contributed by atoms with Crippen LogP contribution in [0, 0.1) is 6.92 Å². The van der Waals surface area contributed by atoms with Crippen molar-refractivity contribution in [1.82, 2.24) is 0 Å². The van der Waals surface area contributed by atoms with Crippen molar-refractivity contribution in [3.8, 4) is 0 Å². The summed E-state index contributed by atoms with van der Waals surface area (Å²) in [4.78, 5) is 0. The lowest BCUT2D eigenvalue weighted by molar-refractivity contribution is -0.135. The molecule has 1 radical (unpaired) electrons. The fourth-order valence-corrected chi connectivity index (χ4v) is 1.39. The molecule has 0 aliphatic carbocycles. The number of rotatable bonds is 8. The van der Waals surface area contributed by atoms with Crippen LogP contribution in [-0.2, 0) is 0 Å². The van der Waals surface area contributed by atoms with Crippen molar-refractivity contribution in [3.05, 3.63) is 6.92 Å². The fraction of sp³-hybridized carbons (Fsp3) is 0.909. The average molecular weight is 209 g/mol. The number of halogens is 3. The average Bonchev–Trinajstić information content (AvgIpc) is 2.08. The molecule has 0 aliphatic heterocycles. The Bertz CT molecular complexity index is 118. The zero-order chi connectivity index (χ0) is 10.9. The predicted octanol–water partition coefficient (Wildman–Crippen LogP) is 4.89. The van der Waals surface area contributed by atoms with Crippen LogP contribution in [0.4, 0.5) is 13.2 Å². The van der Waals surface area contributed by atoms with E-state index in [1.54, 1.807) is 0 Å². The second kappa shape index (κ2) is 8.13. The summed E-state index contributed by atoms with van der Waals surface area (Å²) in [7, 11) is 0. The topological polar surface area (TPSA) is 0 Å². The summed E-state index contributed by atoms with van der Waals surface area (Å²) in [5, 5.41) is 0. The molecule has 0 nitrogen and oxygen atoms in total. The molecule has 0 amide bonds. The molecule has 0 aromatic carbocycles. The van der Waals surface area contributed by atoms with Crippen molar-refractivity contribution in [2.45, 2.75) is 64.0 Å². The van der Waals surface area contributed by atoms with Crippen LogP contribution in [0.3, 0.4) is 0 Å². The highest BCUT2D eigenvalue weighted by molar-refractivity contribution is 4.52. The van der Waals surface area contributed by atoms with E-state index in [0.717, 1.165) is 32.1 Å². The summed E-state index contributed by atoms with van der Waals surface area (Å²) in [6, 6.07) is 0. The van der Waals surface area contributed by atoms with E-state index < -0.39 is 12.6 Å². The quantitative estimate of drug-likeness (QED) is 0.499. The van der Waals surface area contributed by atoms with Gasteiger partial charge in [0.1, 0.15) is 0 Å². The number of alkyl halides is 3. The van der Waals surface area contributed by atoms with Gasteiger partial charge in [-0.3, -0.25) is 0 Å². The Labute approximate surface area is 84.9 Å². The van der Waals surface area contributed by atoms with E-state index in [1.807, 2.05) is 0 Å². The highest BCUT2D eigenvalue weighted by Crippen LogP contribution is 2.23. The van der Waals surface area contributed by atoms with Gasteiger partial charge in [-0.1, -0.05) is 51.9 Å². The molecule has 0 aromatic heterocycles. The van der Waals surface area contributed by atoms with Crippen molar-refractivity contribution in [1.29, 1.82) is 0 Å². The number of hydrogen-bond donors (Lipinski definition) is 0. The molecule has 0 saturated heterocycles. The maximum atomic E-state index is 11.7. The zero-order valence-electron chi connectivity index (χ0n) is 8.70. The van der Waals surface area contributed by atoms with Crippen LogP contribution >= 0.6 is 0 Å². The lowest BCUT2D eigenvalue weighted by Gasteiger charge is -2.05. The summed E-state index contributed by atoms with van der Waals surface area (Å²) in [6.07, 6.45) is 2.84. The van der Waals surface area contributed by atoms with Gasteiger partial charge < -0.3 is 0 Å². The first-order valence-corrected chi connectivity index (χ1v) is 5.42. The highest BCUT2D eigenvalue weighted by Gasteiger charge is 2.25. The van der Waals surface area contributed by atoms with Crippen molar-refractivity contribution in [3.63, 3.8) is 0 Å². The van der Waals surface area contributed by atoms with Gasteiger partial charge in [-0.15, -0.1) is 0 Å². The van der Waals surface area contributed by atoms with Crippen molar-refractivity contribution < 1.29 is 13.2 Å². The molecule has 0 unspecified atom stereocenters. The minimum absolute atomic E-state index is 0.291. The monoisotopic (exact) mass is 209 g/mol. The first kappa shape index (κ1) is 13.8. The van der Waals surface area contributed by atoms with Gasteiger partial charge in [0, 0.05) is 6.42 Å². The Morgan fingerprint density at radius 1 is 0.714 bits per heavy atom. The van der Waals surface area contributed by atoms with Crippen molar-refractivity contribution >= 4 is 0 Å². The molecule has 0 rings (SSSR count). The van der Waals surface area contributed by atoms with Crippen LogP contribution < -0.4 is 0 Å². The van der Waals surface area contributed by atoms with E-state index in [9.17, 15) is 13.2 Å². The van der Waals surface area contributed by atoms with E-state index in [0.29, 0.717) is 12.8 Å². The van der Waals surface area contributed by atoms with Gasteiger partial charge in [0.15, 0.2) is 0 Å².